The Morgan fingerprint density at radius 3 is 2.26 bits per heavy atom. The maximum atomic E-state index is 12.2. The largest absolute Gasteiger partial charge is 0.349 e. The van der Waals surface area contributed by atoms with Crippen LogP contribution in [-0.4, -0.2) is 23.5 Å². The molecule has 0 spiro atoms. The fourth-order valence-electron chi connectivity index (χ4n) is 2.40. The zero-order valence-electron chi connectivity index (χ0n) is 10.8. The van der Waals surface area contributed by atoms with E-state index in [9.17, 15) is 4.79 Å². The number of halogens is 2. The van der Waals surface area contributed by atoms with Crippen molar-refractivity contribution >= 4 is 49.5 Å². The van der Waals surface area contributed by atoms with Gasteiger partial charge in [-0.2, -0.15) is 11.8 Å². The first kappa shape index (κ1) is 15.4. The highest BCUT2D eigenvalue weighted by Gasteiger charge is 2.22. The number of thioether (sulfide) groups is 1. The fourth-order valence-corrected chi connectivity index (χ4v) is 4.43. The van der Waals surface area contributed by atoms with E-state index in [2.05, 4.69) is 43.4 Å². The molecule has 1 N–H and O–H groups in total. The van der Waals surface area contributed by atoms with E-state index >= 15 is 0 Å². The van der Waals surface area contributed by atoms with Gasteiger partial charge in [0, 0.05) is 25.8 Å². The van der Waals surface area contributed by atoms with Gasteiger partial charge < -0.3 is 5.32 Å². The Morgan fingerprint density at radius 2 is 1.74 bits per heavy atom. The van der Waals surface area contributed by atoms with Crippen LogP contribution in [0.3, 0.4) is 0 Å². The molecule has 2 nitrogen and oxygen atoms in total. The number of hydrogen-bond acceptors (Lipinski definition) is 2. The number of carbonyl (C=O) groups excluding carboxylic acids is 1. The van der Waals surface area contributed by atoms with Gasteiger partial charge in [-0.15, -0.1) is 0 Å². The van der Waals surface area contributed by atoms with Crippen molar-refractivity contribution in [1.29, 1.82) is 0 Å². The maximum absolute atomic E-state index is 12.2. The van der Waals surface area contributed by atoms with Crippen molar-refractivity contribution in [3.05, 3.63) is 32.7 Å². The molecule has 0 radical (unpaired) electrons. The van der Waals surface area contributed by atoms with Crippen molar-refractivity contribution < 1.29 is 4.79 Å². The van der Waals surface area contributed by atoms with Crippen LogP contribution in [0.15, 0.2) is 27.1 Å². The Bertz CT molecular complexity index is 439. The first-order valence-electron chi connectivity index (χ1n) is 6.38. The molecule has 1 aromatic carbocycles. The second-order valence-corrected chi connectivity index (χ2v) is 7.81. The average molecular weight is 407 g/mol. The van der Waals surface area contributed by atoms with Crippen LogP contribution in [-0.2, 0) is 0 Å². The molecule has 0 aliphatic heterocycles. The maximum Gasteiger partial charge on any atom is 0.251 e. The van der Waals surface area contributed by atoms with E-state index in [4.69, 9.17) is 0 Å². The molecule has 1 aliphatic rings. The summed E-state index contributed by atoms with van der Waals surface area (Å²) in [6, 6.07) is 5.97. The van der Waals surface area contributed by atoms with Crippen LogP contribution in [0.4, 0.5) is 0 Å². The van der Waals surface area contributed by atoms with Crippen LogP contribution in [0.1, 0.15) is 36.0 Å². The summed E-state index contributed by atoms with van der Waals surface area (Å²) in [6.45, 7) is 0. The predicted molar refractivity (Wildman–Crippen MR) is 88.9 cm³/mol. The van der Waals surface area contributed by atoms with Gasteiger partial charge in [0.15, 0.2) is 0 Å². The highest BCUT2D eigenvalue weighted by atomic mass is 79.9. The van der Waals surface area contributed by atoms with Crippen molar-refractivity contribution in [3.63, 3.8) is 0 Å². The van der Waals surface area contributed by atoms with Crippen LogP contribution in [0.25, 0.3) is 0 Å². The molecule has 0 heterocycles. The highest BCUT2D eigenvalue weighted by molar-refractivity contribution is 9.11. The van der Waals surface area contributed by atoms with Crippen molar-refractivity contribution in [2.75, 3.05) is 6.26 Å². The van der Waals surface area contributed by atoms with Crippen molar-refractivity contribution in [2.45, 2.75) is 37.0 Å². The zero-order valence-corrected chi connectivity index (χ0v) is 14.8. The summed E-state index contributed by atoms with van der Waals surface area (Å²) >= 11 is 8.76. The standard InChI is InChI=1S/C14H17Br2NOS/c1-19-13-4-2-12(3-5-13)17-14(18)9-6-10(15)8-11(16)7-9/h6-8,12-13H,2-5H2,1H3,(H,17,18). The van der Waals surface area contributed by atoms with Crippen LogP contribution in [0.5, 0.6) is 0 Å². The lowest BCUT2D eigenvalue weighted by molar-refractivity contribution is 0.0928. The summed E-state index contributed by atoms with van der Waals surface area (Å²) in [7, 11) is 0. The summed E-state index contributed by atoms with van der Waals surface area (Å²) in [5, 5.41) is 3.92. The second-order valence-electron chi connectivity index (χ2n) is 4.84. The monoisotopic (exact) mass is 405 g/mol. The third-order valence-electron chi connectivity index (χ3n) is 3.47. The van der Waals surface area contributed by atoms with E-state index in [1.807, 2.05) is 30.0 Å². The van der Waals surface area contributed by atoms with Gasteiger partial charge in [-0.25, -0.2) is 0 Å². The molecular weight excluding hydrogens is 390 g/mol. The molecule has 0 bridgehead atoms. The number of hydrogen-bond donors (Lipinski definition) is 1. The van der Waals surface area contributed by atoms with Gasteiger partial charge >= 0.3 is 0 Å². The Kier molecular flexibility index (Phi) is 5.78. The van der Waals surface area contributed by atoms with Gasteiger partial charge in [0.25, 0.3) is 5.91 Å². The molecule has 19 heavy (non-hydrogen) atoms. The minimum Gasteiger partial charge on any atom is -0.349 e. The Hall–Kier alpha value is -0.000000000000000111. The number of carbonyl (C=O) groups is 1. The second kappa shape index (κ2) is 7.14. The topological polar surface area (TPSA) is 29.1 Å². The van der Waals surface area contributed by atoms with Gasteiger partial charge in [0.2, 0.25) is 0 Å². The van der Waals surface area contributed by atoms with Gasteiger partial charge in [-0.3, -0.25) is 4.79 Å². The molecule has 1 fully saturated rings. The number of amides is 1. The minimum atomic E-state index is 0.0228. The Morgan fingerprint density at radius 1 is 1.16 bits per heavy atom. The summed E-state index contributed by atoms with van der Waals surface area (Å²) < 4.78 is 1.83. The fraction of sp³-hybridized carbons (Fsp3) is 0.500. The van der Waals surface area contributed by atoms with Crippen LogP contribution in [0.2, 0.25) is 0 Å². The van der Waals surface area contributed by atoms with Gasteiger partial charge in [0.05, 0.1) is 0 Å². The van der Waals surface area contributed by atoms with E-state index < -0.39 is 0 Å². The summed E-state index contributed by atoms with van der Waals surface area (Å²) in [5.41, 5.74) is 0.702. The molecule has 104 valence electrons. The van der Waals surface area contributed by atoms with Gasteiger partial charge in [-0.1, -0.05) is 31.9 Å². The van der Waals surface area contributed by atoms with Crippen LogP contribution >= 0.6 is 43.6 Å². The minimum absolute atomic E-state index is 0.0228. The van der Waals surface area contributed by atoms with E-state index in [0.717, 1.165) is 27.0 Å². The lowest BCUT2D eigenvalue weighted by Crippen LogP contribution is -2.38. The summed E-state index contributed by atoms with van der Waals surface area (Å²) in [6.07, 6.45) is 6.75. The summed E-state index contributed by atoms with van der Waals surface area (Å²) in [4.78, 5) is 12.2. The molecule has 0 aromatic heterocycles. The van der Waals surface area contributed by atoms with Crippen LogP contribution in [0, 0.1) is 0 Å². The lowest BCUT2D eigenvalue weighted by Gasteiger charge is -2.28. The number of benzene rings is 1. The Balaban J connectivity index is 1.94. The smallest absolute Gasteiger partial charge is 0.251 e. The molecule has 0 unspecified atom stereocenters. The van der Waals surface area contributed by atoms with Gasteiger partial charge in [-0.05, 0) is 50.1 Å². The molecule has 1 saturated carbocycles. The lowest BCUT2D eigenvalue weighted by atomic mass is 9.94. The zero-order chi connectivity index (χ0) is 13.8. The predicted octanol–water partition coefficient (Wildman–Crippen LogP) is 4.62. The van der Waals surface area contributed by atoms with E-state index in [0.29, 0.717) is 11.6 Å². The van der Waals surface area contributed by atoms with E-state index in [1.165, 1.54) is 12.8 Å². The first-order valence-corrected chi connectivity index (χ1v) is 9.25. The molecule has 1 aromatic rings. The molecule has 5 heteroatoms. The first-order chi connectivity index (χ1) is 9.08. The van der Waals surface area contributed by atoms with Crippen LogP contribution < -0.4 is 5.32 Å². The van der Waals surface area contributed by atoms with Gasteiger partial charge in [0.1, 0.15) is 0 Å². The molecule has 0 atom stereocenters. The SMILES string of the molecule is CSC1CCC(NC(=O)c2cc(Br)cc(Br)c2)CC1. The molecule has 1 aliphatic carbocycles. The number of rotatable bonds is 3. The van der Waals surface area contributed by atoms with Crippen molar-refractivity contribution in [3.8, 4) is 0 Å². The molecule has 2 rings (SSSR count). The van der Waals surface area contributed by atoms with E-state index in [-0.39, 0.29) is 5.91 Å². The molecule has 0 saturated heterocycles. The quantitative estimate of drug-likeness (QED) is 0.793. The van der Waals surface area contributed by atoms with E-state index in [1.54, 1.807) is 0 Å². The molecule has 1 amide bonds. The summed E-state index contributed by atoms with van der Waals surface area (Å²) in [5.74, 6) is 0.0228. The van der Waals surface area contributed by atoms with Crippen molar-refractivity contribution in [1.82, 2.24) is 5.32 Å². The average Bonchev–Trinajstić information content (AvgIpc) is 2.38. The third kappa shape index (κ3) is 4.50. The third-order valence-corrected chi connectivity index (χ3v) is 5.52. The Labute approximate surface area is 135 Å². The highest BCUT2D eigenvalue weighted by Crippen LogP contribution is 2.27. The molecular formula is C14H17Br2NOS. The van der Waals surface area contributed by atoms with Crippen molar-refractivity contribution in [2.24, 2.45) is 0 Å². The number of nitrogens with one attached hydrogen (secondary N) is 1. The normalized spacial score (nSPS) is 23.1.